The van der Waals surface area contributed by atoms with E-state index in [2.05, 4.69) is 0 Å². The van der Waals surface area contributed by atoms with Crippen LogP contribution in [0.2, 0.25) is 0 Å². The molecule has 11 heavy (non-hydrogen) atoms. The van der Waals surface area contributed by atoms with Gasteiger partial charge in [0.15, 0.2) is 0 Å². The summed E-state index contributed by atoms with van der Waals surface area (Å²) in [5.41, 5.74) is -0.242. The van der Waals surface area contributed by atoms with Gasteiger partial charge in [-0.05, 0) is 17.3 Å². The standard InChI is InChI=1S/C8H13ClF2/c1-7(2)4-8(7,5-9)3-6(10)11/h6H,3-5H2,1-2H3. The van der Waals surface area contributed by atoms with Gasteiger partial charge in [0.05, 0.1) is 0 Å². The van der Waals surface area contributed by atoms with Crippen molar-refractivity contribution >= 4 is 11.6 Å². The fourth-order valence-corrected chi connectivity index (χ4v) is 2.29. The van der Waals surface area contributed by atoms with Crippen molar-refractivity contribution in [3.05, 3.63) is 0 Å². The van der Waals surface area contributed by atoms with Gasteiger partial charge < -0.3 is 0 Å². The molecule has 1 aliphatic carbocycles. The largest absolute Gasteiger partial charge is 0.239 e. The van der Waals surface area contributed by atoms with Crippen molar-refractivity contribution in [1.29, 1.82) is 0 Å². The quantitative estimate of drug-likeness (QED) is 0.588. The summed E-state index contributed by atoms with van der Waals surface area (Å²) in [6.45, 7) is 4.00. The molecule has 1 aliphatic rings. The molecule has 1 atom stereocenters. The van der Waals surface area contributed by atoms with Crippen LogP contribution in [-0.2, 0) is 0 Å². The summed E-state index contributed by atoms with van der Waals surface area (Å²) < 4.78 is 24.1. The van der Waals surface area contributed by atoms with Crippen molar-refractivity contribution in [2.24, 2.45) is 10.8 Å². The van der Waals surface area contributed by atoms with Crippen molar-refractivity contribution < 1.29 is 8.78 Å². The van der Waals surface area contributed by atoms with Gasteiger partial charge in [-0.1, -0.05) is 13.8 Å². The first kappa shape index (κ1) is 9.24. The highest BCUT2D eigenvalue weighted by molar-refractivity contribution is 6.18. The lowest BCUT2D eigenvalue weighted by molar-refractivity contribution is 0.104. The van der Waals surface area contributed by atoms with E-state index in [1.807, 2.05) is 13.8 Å². The summed E-state index contributed by atoms with van der Waals surface area (Å²) in [5.74, 6) is 0.365. The summed E-state index contributed by atoms with van der Waals surface area (Å²) in [6.07, 6.45) is -1.41. The lowest BCUT2D eigenvalue weighted by Gasteiger charge is -2.16. The molecule has 0 N–H and O–H groups in total. The van der Waals surface area contributed by atoms with Crippen molar-refractivity contribution in [3.63, 3.8) is 0 Å². The molecule has 3 heteroatoms. The molecule has 0 nitrogen and oxygen atoms in total. The monoisotopic (exact) mass is 182 g/mol. The molecule has 0 spiro atoms. The molecule has 0 amide bonds. The molecule has 1 rings (SSSR count). The Morgan fingerprint density at radius 3 is 2.00 bits per heavy atom. The first-order chi connectivity index (χ1) is 4.93. The Labute approximate surface area is 70.9 Å². The molecule has 0 aromatic rings. The number of hydrogen-bond donors (Lipinski definition) is 0. The normalized spacial score (nSPS) is 34.4. The Morgan fingerprint density at radius 2 is 1.91 bits per heavy atom. The van der Waals surface area contributed by atoms with Crippen LogP contribution in [0, 0.1) is 10.8 Å². The van der Waals surface area contributed by atoms with Crippen molar-refractivity contribution in [2.45, 2.75) is 33.1 Å². The van der Waals surface area contributed by atoms with Gasteiger partial charge in [0.2, 0.25) is 6.43 Å². The summed E-state index contributed by atoms with van der Waals surface area (Å²) in [6, 6.07) is 0. The Balaban J connectivity index is 2.53. The van der Waals surface area contributed by atoms with Crippen molar-refractivity contribution in [3.8, 4) is 0 Å². The van der Waals surface area contributed by atoms with Gasteiger partial charge in [0.1, 0.15) is 0 Å². The highest BCUT2D eigenvalue weighted by atomic mass is 35.5. The van der Waals surface area contributed by atoms with E-state index in [1.54, 1.807) is 0 Å². The van der Waals surface area contributed by atoms with E-state index >= 15 is 0 Å². The number of halogens is 3. The summed E-state index contributed by atoms with van der Waals surface area (Å²) in [7, 11) is 0. The molecule has 0 aliphatic heterocycles. The van der Waals surface area contributed by atoms with Crippen LogP contribution in [0.4, 0.5) is 8.78 Å². The molecule has 0 heterocycles. The van der Waals surface area contributed by atoms with Crippen LogP contribution < -0.4 is 0 Å². The summed E-state index contributed by atoms with van der Waals surface area (Å²) in [5, 5.41) is 0. The average Bonchev–Trinajstić information content (AvgIpc) is 2.33. The zero-order valence-electron chi connectivity index (χ0n) is 6.83. The molecule has 0 aromatic carbocycles. The number of hydrogen-bond acceptors (Lipinski definition) is 0. The lowest BCUT2D eigenvalue weighted by atomic mass is 9.95. The van der Waals surface area contributed by atoms with Crippen molar-refractivity contribution in [2.75, 3.05) is 5.88 Å². The fraction of sp³-hybridized carbons (Fsp3) is 1.00. The third-order valence-corrected chi connectivity index (χ3v) is 3.40. The predicted octanol–water partition coefficient (Wildman–Crippen LogP) is 3.30. The van der Waals surface area contributed by atoms with E-state index in [0.717, 1.165) is 6.42 Å². The maximum absolute atomic E-state index is 12.0. The second-order valence-electron chi connectivity index (χ2n) is 4.07. The van der Waals surface area contributed by atoms with E-state index in [0.29, 0.717) is 5.88 Å². The van der Waals surface area contributed by atoms with Crippen LogP contribution in [0.1, 0.15) is 26.7 Å². The fourth-order valence-electron chi connectivity index (χ4n) is 1.73. The molecule has 1 fully saturated rings. The minimum Gasteiger partial charge on any atom is -0.211 e. The summed E-state index contributed by atoms with van der Waals surface area (Å²) >= 11 is 5.65. The lowest BCUT2D eigenvalue weighted by Crippen LogP contribution is -2.14. The zero-order chi connectivity index (χ0) is 8.70. The van der Waals surface area contributed by atoms with Gasteiger partial charge in [0, 0.05) is 12.3 Å². The molecular formula is C8H13ClF2. The van der Waals surface area contributed by atoms with Crippen molar-refractivity contribution in [1.82, 2.24) is 0 Å². The molecule has 1 saturated carbocycles. The van der Waals surface area contributed by atoms with E-state index in [-0.39, 0.29) is 17.3 Å². The second-order valence-corrected chi connectivity index (χ2v) is 4.34. The molecule has 66 valence electrons. The first-order valence-corrected chi connectivity index (χ1v) is 4.31. The minimum absolute atomic E-state index is 0.0329. The number of alkyl halides is 3. The van der Waals surface area contributed by atoms with Crippen LogP contribution in [0.15, 0.2) is 0 Å². The maximum Gasteiger partial charge on any atom is 0.239 e. The minimum atomic E-state index is -2.21. The molecule has 0 aromatic heterocycles. The topological polar surface area (TPSA) is 0 Å². The van der Waals surface area contributed by atoms with Crippen LogP contribution in [0.3, 0.4) is 0 Å². The van der Waals surface area contributed by atoms with E-state index in [9.17, 15) is 8.78 Å². The highest BCUT2D eigenvalue weighted by Gasteiger charge is 2.60. The van der Waals surface area contributed by atoms with E-state index in [4.69, 9.17) is 11.6 Å². The molecule has 0 saturated heterocycles. The third kappa shape index (κ3) is 1.51. The van der Waals surface area contributed by atoms with Crippen LogP contribution in [0.25, 0.3) is 0 Å². The predicted molar refractivity (Wildman–Crippen MR) is 42.2 cm³/mol. The molecule has 0 radical (unpaired) electrons. The smallest absolute Gasteiger partial charge is 0.211 e. The average molecular weight is 183 g/mol. The Hall–Kier alpha value is 0.150. The SMILES string of the molecule is CC1(C)CC1(CCl)CC(F)F. The van der Waals surface area contributed by atoms with Gasteiger partial charge in [-0.25, -0.2) is 8.78 Å². The Morgan fingerprint density at radius 1 is 1.45 bits per heavy atom. The second kappa shape index (κ2) is 2.58. The van der Waals surface area contributed by atoms with Gasteiger partial charge in [0.25, 0.3) is 0 Å². The highest BCUT2D eigenvalue weighted by Crippen LogP contribution is 2.66. The van der Waals surface area contributed by atoms with E-state index in [1.165, 1.54) is 0 Å². The molecule has 0 bridgehead atoms. The van der Waals surface area contributed by atoms with E-state index < -0.39 is 6.43 Å². The van der Waals surface area contributed by atoms with Gasteiger partial charge in [-0.15, -0.1) is 11.6 Å². The van der Waals surface area contributed by atoms with Gasteiger partial charge in [-0.2, -0.15) is 0 Å². The number of rotatable bonds is 3. The Kier molecular flexibility index (Phi) is 2.17. The molecular weight excluding hydrogens is 170 g/mol. The van der Waals surface area contributed by atoms with Gasteiger partial charge in [-0.3, -0.25) is 0 Å². The zero-order valence-corrected chi connectivity index (χ0v) is 7.59. The Bertz CT molecular complexity index is 156. The molecule has 1 unspecified atom stereocenters. The van der Waals surface area contributed by atoms with Crippen LogP contribution >= 0.6 is 11.6 Å². The first-order valence-electron chi connectivity index (χ1n) is 3.78. The third-order valence-electron chi connectivity index (χ3n) is 2.89. The van der Waals surface area contributed by atoms with Gasteiger partial charge >= 0.3 is 0 Å². The maximum atomic E-state index is 12.0. The van der Waals surface area contributed by atoms with Crippen LogP contribution in [-0.4, -0.2) is 12.3 Å². The summed E-state index contributed by atoms with van der Waals surface area (Å²) in [4.78, 5) is 0. The van der Waals surface area contributed by atoms with Crippen LogP contribution in [0.5, 0.6) is 0 Å².